The van der Waals surface area contributed by atoms with Gasteiger partial charge in [0.2, 0.25) is 0 Å². The molecule has 0 saturated carbocycles. The maximum atomic E-state index is 5.82. The summed E-state index contributed by atoms with van der Waals surface area (Å²) < 4.78 is 11.5. The molecule has 15 heavy (non-hydrogen) atoms. The fraction of sp³-hybridized carbons (Fsp3) is 0.500. The van der Waals surface area contributed by atoms with Crippen LogP contribution in [0.3, 0.4) is 0 Å². The zero-order valence-electron chi connectivity index (χ0n) is 9.19. The Kier molecular flexibility index (Phi) is 2.78. The molecule has 1 aliphatic heterocycles. The second-order valence-corrected chi connectivity index (χ2v) is 4.05. The number of hydrogen-bond acceptors (Lipinski definition) is 3. The van der Waals surface area contributed by atoms with Gasteiger partial charge in [-0.2, -0.15) is 0 Å². The Morgan fingerprint density at radius 1 is 1.47 bits per heavy atom. The minimum atomic E-state index is -0.630. The molecule has 0 spiro atoms. The minimum Gasteiger partial charge on any atom is -0.343 e. The third-order valence-corrected chi connectivity index (χ3v) is 2.83. The van der Waals surface area contributed by atoms with Crippen LogP contribution in [0.2, 0.25) is 0 Å². The highest BCUT2D eigenvalue weighted by Gasteiger charge is 2.38. The van der Waals surface area contributed by atoms with E-state index in [0.29, 0.717) is 13.2 Å². The summed E-state index contributed by atoms with van der Waals surface area (Å²) in [5.41, 5.74) is 7.83. The Balaban J connectivity index is 2.27. The number of hydrogen-bond donors (Lipinski definition) is 1. The third kappa shape index (κ3) is 1.91. The van der Waals surface area contributed by atoms with Crippen molar-refractivity contribution in [1.29, 1.82) is 0 Å². The highest BCUT2D eigenvalue weighted by atomic mass is 16.7. The van der Waals surface area contributed by atoms with Gasteiger partial charge in [0.05, 0.1) is 12.7 Å². The molecule has 1 aliphatic rings. The van der Waals surface area contributed by atoms with Crippen LogP contribution in [-0.4, -0.2) is 19.3 Å². The summed E-state index contributed by atoms with van der Waals surface area (Å²) in [7, 11) is 0. The van der Waals surface area contributed by atoms with Gasteiger partial charge in [-0.15, -0.1) is 0 Å². The molecule has 1 fully saturated rings. The zero-order chi connectivity index (χ0) is 10.9. The first-order chi connectivity index (χ1) is 7.15. The lowest BCUT2D eigenvalue weighted by molar-refractivity contribution is -0.161. The van der Waals surface area contributed by atoms with Crippen LogP contribution in [0.25, 0.3) is 0 Å². The van der Waals surface area contributed by atoms with E-state index < -0.39 is 5.79 Å². The summed E-state index contributed by atoms with van der Waals surface area (Å²) in [6.07, 6.45) is 0.00889. The predicted molar refractivity (Wildman–Crippen MR) is 58.4 cm³/mol. The van der Waals surface area contributed by atoms with E-state index in [2.05, 4.69) is 13.0 Å². The van der Waals surface area contributed by atoms with Crippen LogP contribution < -0.4 is 5.73 Å². The first-order valence-electron chi connectivity index (χ1n) is 5.23. The molecule has 82 valence electrons. The minimum absolute atomic E-state index is 0.00889. The summed E-state index contributed by atoms with van der Waals surface area (Å²) in [5, 5.41) is 0. The summed E-state index contributed by atoms with van der Waals surface area (Å²) in [4.78, 5) is 0. The fourth-order valence-corrected chi connectivity index (χ4v) is 1.98. The first kappa shape index (κ1) is 10.6. The van der Waals surface area contributed by atoms with Crippen molar-refractivity contribution in [3.8, 4) is 0 Å². The molecule has 2 N–H and O–H groups in total. The van der Waals surface area contributed by atoms with Crippen LogP contribution in [0.5, 0.6) is 0 Å². The van der Waals surface area contributed by atoms with E-state index in [-0.39, 0.29) is 6.10 Å². The van der Waals surface area contributed by atoms with Crippen molar-refractivity contribution in [2.45, 2.75) is 25.7 Å². The van der Waals surface area contributed by atoms with Gasteiger partial charge < -0.3 is 15.2 Å². The average Bonchev–Trinajstić information content (AvgIpc) is 2.62. The van der Waals surface area contributed by atoms with Crippen molar-refractivity contribution in [3.63, 3.8) is 0 Å². The summed E-state index contributed by atoms with van der Waals surface area (Å²) in [5.74, 6) is -0.630. The lowest BCUT2D eigenvalue weighted by atomic mass is 10.0. The molecule has 2 rings (SSSR count). The van der Waals surface area contributed by atoms with Crippen LogP contribution in [0.1, 0.15) is 18.1 Å². The smallest absolute Gasteiger partial charge is 0.192 e. The molecular weight excluding hydrogens is 190 g/mol. The van der Waals surface area contributed by atoms with Gasteiger partial charge >= 0.3 is 0 Å². The Morgan fingerprint density at radius 2 is 2.20 bits per heavy atom. The summed E-state index contributed by atoms with van der Waals surface area (Å²) in [6, 6.07) is 8.10. The SMILES string of the molecule is Cc1ccccc1C1(C)OCC(CN)O1. The Morgan fingerprint density at radius 3 is 2.80 bits per heavy atom. The monoisotopic (exact) mass is 207 g/mol. The van der Waals surface area contributed by atoms with E-state index in [4.69, 9.17) is 15.2 Å². The van der Waals surface area contributed by atoms with Crippen molar-refractivity contribution in [3.05, 3.63) is 35.4 Å². The van der Waals surface area contributed by atoms with Gasteiger partial charge in [-0.25, -0.2) is 0 Å². The van der Waals surface area contributed by atoms with E-state index >= 15 is 0 Å². The van der Waals surface area contributed by atoms with Gasteiger partial charge in [-0.05, 0) is 19.4 Å². The van der Waals surface area contributed by atoms with E-state index in [1.165, 1.54) is 5.56 Å². The number of nitrogens with two attached hydrogens (primary N) is 1. The van der Waals surface area contributed by atoms with Crippen molar-refractivity contribution in [1.82, 2.24) is 0 Å². The van der Waals surface area contributed by atoms with Gasteiger partial charge in [0.15, 0.2) is 5.79 Å². The van der Waals surface area contributed by atoms with Crippen LogP contribution >= 0.6 is 0 Å². The fourth-order valence-electron chi connectivity index (χ4n) is 1.98. The standard InChI is InChI=1S/C12H17NO2/c1-9-5-3-4-6-11(9)12(2)14-8-10(7-13)15-12/h3-6,10H,7-8,13H2,1-2H3. The largest absolute Gasteiger partial charge is 0.343 e. The predicted octanol–water partition coefficient (Wildman–Crippen LogP) is 1.54. The number of ether oxygens (including phenoxy) is 2. The molecule has 1 aromatic carbocycles. The molecule has 2 unspecified atom stereocenters. The summed E-state index contributed by atoms with van der Waals surface area (Å²) >= 11 is 0. The number of benzene rings is 1. The molecular formula is C12H17NO2. The topological polar surface area (TPSA) is 44.5 Å². The lowest BCUT2D eigenvalue weighted by Gasteiger charge is -2.25. The molecule has 1 heterocycles. The maximum absolute atomic E-state index is 5.82. The molecule has 1 saturated heterocycles. The molecule has 3 heteroatoms. The van der Waals surface area contributed by atoms with E-state index in [1.807, 2.05) is 25.1 Å². The van der Waals surface area contributed by atoms with E-state index in [1.54, 1.807) is 0 Å². The van der Waals surface area contributed by atoms with Crippen molar-refractivity contribution in [2.24, 2.45) is 5.73 Å². The van der Waals surface area contributed by atoms with Gasteiger partial charge in [-0.3, -0.25) is 0 Å². The van der Waals surface area contributed by atoms with Crippen LogP contribution in [-0.2, 0) is 15.3 Å². The van der Waals surface area contributed by atoms with Crippen molar-refractivity contribution in [2.75, 3.05) is 13.2 Å². The van der Waals surface area contributed by atoms with Gasteiger partial charge in [0.25, 0.3) is 0 Å². The molecule has 3 nitrogen and oxygen atoms in total. The second-order valence-electron chi connectivity index (χ2n) is 4.05. The van der Waals surface area contributed by atoms with E-state index in [0.717, 1.165) is 5.56 Å². The zero-order valence-corrected chi connectivity index (χ0v) is 9.19. The average molecular weight is 207 g/mol. The second kappa shape index (κ2) is 3.93. The third-order valence-electron chi connectivity index (χ3n) is 2.83. The summed E-state index contributed by atoms with van der Waals surface area (Å²) in [6.45, 7) is 5.08. The molecule has 0 bridgehead atoms. The van der Waals surface area contributed by atoms with Crippen LogP contribution in [0.4, 0.5) is 0 Å². The molecule has 0 aromatic heterocycles. The Hall–Kier alpha value is -0.900. The van der Waals surface area contributed by atoms with Crippen LogP contribution in [0.15, 0.2) is 24.3 Å². The molecule has 0 aliphatic carbocycles. The maximum Gasteiger partial charge on any atom is 0.192 e. The van der Waals surface area contributed by atoms with Gasteiger partial charge in [0, 0.05) is 12.1 Å². The quantitative estimate of drug-likeness (QED) is 0.800. The van der Waals surface area contributed by atoms with Gasteiger partial charge in [0.1, 0.15) is 0 Å². The molecule has 1 aromatic rings. The van der Waals surface area contributed by atoms with Crippen molar-refractivity contribution >= 4 is 0 Å². The normalized spacial score (nSPS) is 30.7. The first-order valence-corrected chi connectivity index (χ1v) is 5.23. The number of aryl methyl sites for hydroxylation is 1. The van der Waals surface area contributed by atoms with Crippen LogP contribution in [0, 0.1) is 6.92 Å². The van der Waals surface area contributed by atoms with Gasteiger partial charge in [-0.1, -0.05) is 24.3 Å². The van der Waals surface area contributed by atoms with E-state index in [9.17, 15) is 0 Å². The molecule has 0 amide bonds. The lowest BCUT2D eigenvalue weighted by Crippen LogP contribution is -2.27. The Labute approximate surface area is 90.2 Å². The highest BCUT2D eigenvalue weighted by Crippen LogP contribution is 2.35. The highest BCUT2D eigenvalue weighted by molar-refractivity contribution is 5.29. The van der Waals surface area contributed by atoms with Crippen molar-refractivity contribution < 1.29 is 9.47 Å². The molecule has 0 radical (unpaired) electrons. The number of rotatable bonds is 2. The molecule has 2 atom stereocenters. The Bertz CT molecular complexity index is 353.